The SMILES string of the molecule is NC1(c2ncc(C(=O)O)[nH]2)CCOCC1. The average Bonchev–Trinajstić information content (AvgIpc) is 2.68. The van der Waals surface area contributed by atoms with E-state index in [1.54, 1.807) is 0 Å². The molecule has 0 saturated carbocycles. The number of carboxylic acids is 1. The molecule has 0 aliphatic carbocycles. The van der Waals surface area contributed by atoms with Gasteiger partial charge in [-0.05, 0) is 12.8 Å². The summed E-state index contributed by atoms with van der Waals surface area (Å²) in [4.78, 5) is 17.4. The topological polar surface area (TPSA) is 101 Å². The lowest BCUT2D eigenvalue weighted by Crippen LogP contribution is -2.43. The van der Waals surface area contributed by atoms with Gasteiger partial charge < -0.3 is 20.6 Å². The zero-order chi connectivity index (χ0) is 10.9. The fourth-order valence-electron chi connectivity index (χ4n) is 1.66. The predicted molar refractivity (Wildman–Crippen MR) is 51.5 cm³/mol. The van der Waals surface area contributed by atoms with E-state index in [0.29, 0.717) is 31.9 Å². The van der Waals surface area contributed by atoms with E-state index in [1.807, 2.05) is 0 Å². The molecule has 0 unspecified atom stereocenters. The third kappa shape index (κ3) is 1.86. The van der Waals surface area contributed by atoms with Crippen LogP contribution in [0.25, 0.3) is 0 Å². The van der Waals surface area contributed by atoms with Gasteiger partial charge in [-0.2, -0.15) is 0 Å². The molecule has 1 aliphatic rings. The molecule has 6 nitrogen and oxygen atoms in total. The number of carbonyl (C=O) groups is 1. The molecule has 2 rings (SSSR count). The maximum atomic E-state index is 10.7. The molecule has 0 radical (unpaired) electrons. The normalized spacial score (nSPS) is 20.1. The number of nitrogens with one attached hydrogen (secondary N) is 1. The molecule has 1 aromatic heterocycles. The van der Waals surface area contributed by atoms with Gasteiger partial charge in [0.25, 0.3) is 0 Å². The molecule has 15 heavy (non-hydrogen) atoms. The van der Waals surface area contributed by atoms with Crippen LogP contribution in [0.1, 0.15) is 29.2 Å². The van der Waals surface area contributed by atoms with Crippen LogP contribution in [0.4, 0.5) is 0 Å². The third-order valence-corrected chi connectivity index (χ3v) is 2.66. The van der Waals surface area contributed by atoms with Crippen molar-refractivity contribution in [2.24, 2.45) is 5.73 Å². The Morgan fingerprint density at radius 2 is 2.27 bits per heavy atom. The molecule has 6 heteroatoms. The molecule has 0 aromatic carbocycles. The summed E-state index contributed by atoms with van der Waals surface area (Å²) >= 11 is 0. The van der Waals surface area contributed by atoms with Crippen molar-refractivity contribution in [2.75, 3.05) is 13.2 Å². The number of imidazole rings is 1. The highest BCUT2D eigenvalue weighted by atomic mass is 16.5. The highest BCUT2D eigenvalue weighted by Gasteiger charge is 2.33. The quantitative estimate of drug-likeness (QED) is 0.642. The van der Waals surface area contributed by atoms with Gasteiger partial charge in [0.2, 0.25) is 0 Å². The summed E-state index contributed by atoms with van der Waals surface area (Å²) in [6, 6.07) is 0. The number of aromatic carboxylic acids is 1. The van der Waals surface area contributed by atoms with Crippen LogP contribution in [-0.4, -0.2) is 34.3 Å². The monoisotopic (exact) mass is 211 g/mol. The lowest BCUT2D eigenvalue weighted by atomic mass is 9.91. The summed E-state index contributed by atoms with van der Waals surface area (Å²) in [5.41, 5.74) is 5.62. The number of nitrogens with zero attached hydrogens (tertiary/aromatic N) is 1. The third-order valence-electron chi connectivity index (χ3n) is 2.66. The summed E-state index contributed by atoms with van der Waals surface area (Å²) in [6.07, 6.45) is 2.60. The second kappa shape index (κ2) is 3.63. The number of nitrogens with two attached hydrogens (primary N) is 1. The molecule has 82 valence electrons. The Hall–Kier alpha value is -1.40. The largest absolute Gasteiger partial charge is 0.477 e. The predicted octanol–water partition coefficient (Wildman–Crippen LogP) is 0.0723. The summed E-state index contributed by atoms with van der Waals surface area (Å²) in [6.45, 7) is 1.17. The van der Waals surface area contributed by atoms with Gasteiger partial charge in [0.05, 0.1) is 11.7 Å². The molecule has 0 bridgehead atoms. The van der Waals surface area contributed by atoms with Gasteiger partial charge >= 0.3 is 5.97 Å². The molecular weight excluding hydrogens is 198 g/mol. The first kappa shape index (κ1) is 10.1. The van der Waals surface area contributed by atoms with E-state index in [4.69, 9.17) is 15.6 Å². The van der Waals surface area contributed by atoms with Crippen molar-refractivity contribution in [3.63, 3.8) is 0 Å². The minimum absolute atomic E-state index is 0.0707. The highest BCUT2D eigenvalue weighted by molar-refractivity contribution is 5.85. The standard InChI is InChI=1S/C9H13N3O3/c10-9(1-3-15-4-2-9)8-11-5-6(12-8)7(13)14/h5H,1-4,10H2,(H,11,12)(H,13,14). The molecule has 1 aromatic rings. The van der Waals surface area contributed by atoms with Gasteiger partial charge in [-0.25, -0.2) is 9.78 Å². The Kier molecular flexibility index (Phi) is 2.45. The number of hydrogen-bond donors (Lipinski definition) is 3. The van der Waals surface area contributed by atoms with Crippen molar-refractivity contribution in [3.05, 3.63) is 17.7 Å². The summed E-state index contributed by atoms with van der Waals surface area (Å²) in [7, 11) is 0. The molecule has 0 atom stereocenters. The molecule has 1 fully saturated rings. The van der Waals surface area contributed by atoms with E-state index in [-0.39, 0.29) is 5.69 Å². The van der Waals surface area contributed by atoms with Crippen molar-refractivity contribution in [3.8, 4) is 0 Å². The van der Waals surface area contributed by atoms with E-state index in [0.717, 1.165) is 0 Å². The van der Waals surface area contributed by atoms with Crippen molar-refractivity contribution in [1.29, 1.82) is 0 Å². The van der Waals surface area contributed by atoms with Crippen LogP contribution in [0.5, 0.6) is 0 Å². The Bertz CT molecular complexity index is 368. The number of aromatic amines is 1. The van der Waals surface area contributed by atoms with Crippen LogP contribution in [0.3, 0.4) is 0 Å². The maximum absolute atomic E-state index is 10.7. The van der Waals surface area contributed by atoms with E-state index in [9.17, 15) is 4.79 Å². The van der Waals surface area contributed by atoms with Gasteiger partial charge in [-0.3, -0.25) is 0 Å². The first-order chi connectivity index (χ1) is 7.12. The Morgan fingerprint density at radius 1 is 1.60 bits per heavy atom. The second-order valence-electron chi connectivity index (χ2n) is 3.72. The first-order valence-electron chi connectivity index (χ1n) is 4.77. The van der Waals surface area contributed by atoms with Crippen LogP contribution < -0.4 is 5.73 Å². The summed E-state index contributed by atoms with van der Waals surface area (Å²) < 4.78 is 5.20. The zero-order valence-corrected chi connectivity index (χ0v) is 8.19. The Balaban J connectivity index is 2.23. The van der Waals surface area contributed by atoms with Crippen molar-refractivity contribution in [2.45, 2.75) is 18.4 Å². The fraction of sp³-hybridized carbons (Fsp3) is 0.556. The minimum Gasteiger partial charge on any atom is -0.477 e. The average molecular weight is 211 g/mol. The van der Waals surface area contributed by atoms with Crippen LogP contribution in [0, 0.1) is 0 Å². The molecule has 0 spiro atoms. The smallest absolute Gasteiger partial charge is 0.353 e. The number of aromatic nitrogens is 2. The van der Waals surface area contributed by atoms with Gasteiger partial charge in [0.15, 0.2) is 0 Å². The van der Waals surface area contributed by atoms with Crippen molar-refractivity contribution >= 4 is 5.97 Å². The molecule has 0 amide bonds. The number of carboxylic acid groups (broad SMARTS) is 1. The van der Waals surface area contributed by atoms with Gasteiger partial charge in [-0.15, -0.1) is 0 Å². The van der Waals surface area contributed by atoms with Crippen LogP contribution in [0.15, 0.2) is 6.20 Å². The zero-order valence-electron chi connectivity index (χ0n) is 8.19. The number of hydrogen-bond acceptors (Lipinski definition) is 4. The van der Waals surface area contributed by atoms with E-state index in [2.05, 4.69) is 9.97 Å². The molecule has 1 aliphatic heterocycles. The second-order valence-corrected chi connectivity index (χ2v) is 3.72. The van der Waals surface area contributed by atoms with E-state index < -0.39 is 11.5 Å². The maximum Gasteiger partial charge on any atom is 0.353 e. The first-order valence-corrected chi connectivity index (χ1v) is 4.77. The van der Waals surface area contributed by atoms with Gasteiger partial charge in [0.1, 0.15) is 11.5 Å². The molecule has 4 N–H and O–H groups in total. The van der Waals surface area contributed by atoms with Crippen LogP contribution >= 0.6 is 0 Å². The van der Waals surface area contributed by atoms with Gasteiger partial charge in [-0.1, -0.05) is 0 Å². The fourth-order valence-corrected chi connectivity index (χ4v) is 1.66. The Morgan fingerprint density at radius 3 is 2.80 bits per heavy atom. The Labute approximate surface area is 86.5 Å². The highest BCUT2D eigenvalue weighted by Crippen LogP contribution is 2.26. The molecule has 1 saturated heterocycles. The number of H-pyrrole nitrogens is 1. The lowest BCUT2D eigenvalue weighted by molar-refractivity contribution is 0.0494. The number of ether oxygens (including phenoxy) is 1. The molecular formula is C9H13N3O3. The minimum atomic E-state index is -1.02. The number of rotatable bonds is 2. The van der Waals surface area contributed by atoms with Crippen LogP contribution in [0.2, 0.25) is 0 Å². The van der Waals surface area contributed by atoms with E-state index in [1.165, 1.54) is 6.20 Å². The van der Waals surface area contributed by atoms with Crippen molar-refractivity contribution < 1.29 is 14.6 Å². The van der Waals surface area contributed by atoms with Crippen LogP contribution in [-0.2, 0) is 10.3 Å². The van der Waals surface area contributed by atoms with Gasteiger partial charge in [0, 0.05) is 13.2 Å². The summed E-state index contributed by atoms with van der Waals surface area (Å²) in [5, 5.41) is 8.74. The summed E-state index contributed by atoms with van der Waals surface area (Å²) in [5.74, 6) is -0.493. The molecule has 2 heterocycles. The van der Waals surface area contributed by atoms with E-state index >= 15 is 0 Å². The van der Waals surface area contributed by atoms with Crippen molar-refractivity contribution in [1.82, 2.24) is 9.97 Å². The lowest BCUT2D eigenvalue weighted by Gasteiger charge is -2.31.